The molecule has 0 radical (unpaired) electrons. The Hall–Kier alpha value is -5.87. The van der Waals surface area contributed by atoms with Gasteiger partial charge in [-0.25, -0.2) is 27.2 Å². The number of nitrogens with one attached hydrogen (secondary N) is 1. The minimum atomic E-state index is -4.11. The van der Waals surface area contributed by atoms with Gasteiger partial charge in [0.2, 0.25) is 0 Å². The van der Waals surface area contributed by atoms with E-state index in [0.717, 1.165) is 28.2 Å². The van der Waals surface area contributed by atoms with E-state index >= 15 is 0 Å². The zero-order valence-electron chi connectivity index (χ0n) is 24.9. The first-order chi connectivity index (χ1) is 22.2. The van der Waals surface area contributed by atoms with Crippen LogP contribution in [-0.4, -0.2) is 39.2 Å². The molecule has 0 unspecified atom stereocenters. The van der Waals surface area contributed by atoms with Crippen molar-refractivity contribution in [2.75, 3.05) is 5.32 Å². The fourth-order valence-corrected chi connectivity index (χ4v) is 7.09. The van der Waals surface area contributed by atoms with Gasteiger partial charge in [-0.05, 0) is 60.0 Å². The van der Waals surface area contributed by atoms with Crippen LogP contribution in [0.15, 0.2) is 121 Å². The number of fused-ring (bicyclic) bond motifs is 2. The number of hydrogen-bond donors (Lipinski definition) is 1. The fourth-order valence-electron chi connectivity index (χ4n) is 5.60. The van der Waals surface area contributed by atoms with Crippen LogP contribution in [0.1, 0.15) is 21.5 Å². The molecule has 1 amide bonds. The normalized spacial score (nSPS) is 11.6. The largest absolute Gasteiger partial charge is 0.330 e. The molecule has 226 valence electrons. The maximum atomic E-state index is 14.2. The van der Waals surface area contributed by atoms with E-state index in [-0.39, 0.29) is 16.6 Å². The zero-order valence-corrected chi connectivity index (χ0v) is 25.7. The number of carbonyl (C=O) groups excluding carboxylic acids is 2. The lowest BCUT2D eigenvalue weighted by atomic mass is 10.0. The smallest absolute Gasteiger partial charge is 0.307 e. The van der Waals surface area contributed by atoms with E-state index in [9.17, 15) is 18.0 Å². The van der Waals surface area contributed by atoms with E-state index < -0.39 is 10.0 Å². The Kier molecular flexibility index (Phi) is 7.06. The minimum Gasteiger partial charge on any atom is -0.307 e. The number of benzene rings is 4. The molecule has 0 aliphatic rings. The molecule has 7 aromatic rings. The number of amides is 1. The summed E-state index contributed by atoms with van der Waals surface area (Å²) in [5.41, 5.74) is 5.10. The van der Waals surface area contributed by atoms with Gasteiger partial charge in [0, 0.05) is 34.6 Å². The highest BCUT2D eigenvalue weighted by Crippen LogP contribution is 2.37. The highest BCUT2D eigenvalue weighted by atomic mass is 32.2. The molecular weight excluding hydrogens is 598 g/mol. The summed E-state index contributed by atoms with van der Waals surface area (Å²) < 4.78 is 31.2. The van der Waals surface area contributed by atoms with Gasteiger partial charge in [0.25, 0.3) is 10.0 Å². The van der Waals surface area contributed by atoms with E-state index in [0.29, 0.717) is 39.2 Å². The molecule has 0 saturated heterocycles. The summed E-state index contributed by atoms with van der Waals surface area (Å²) >= 11 is 0. The monoisotopic (exact) mass is 625 g/mol. The Morgan fingerprint density at radius 3 is 2.20 bits per heavy atom. The molecule has 7 rings (SSSR count). The van der Waals surface area contributed by atoms with Crippen molar-refractivity contribution in [1.29, 1.82) is 0 Å². The van der Waals surface area contributed by atoms with Crippen LogP contribution in [0.5, 0.6) is 0 Å². The summed E-state index contributed by atoms with van der Waals surface area (Å²) in [4.78, 5) is 33.8. The molecule has 3 heterocycles. The van der Waals surface area contributed by atoms with E-state index in [1.54, 1.807) is 67.0 Å². The third kappa shape index (κ3) is 4.94. The standard InChI is InChI=1S/C36H27N5O4S/c1-23-10-16-29(17-11-23)46(44,45)41-33(26-14-12-25(21-42)13-15-26)18-31-34(37-22-38-35(31)41)30-8-5-9-32(24(30)2)39-36(43)40-19-27-6-3-4-7-28(27)20-40/h3-22H,1-2H3,(H,39,43). The molecule has 0 fully saturated rings. The van der Waals surface area contributed by atoms with Crippen LogP contribution in [0.2, 0.25) is 0 Å². The summed E-state index contributed by atoms with van der Waals surface area (Å²) in [7, 11) is -4.11. The Morgan fingerprint density at radius 1 is 0.826 bits per heavy atom. The summed E-state index contributed by atoms with van der Waals surface area (Å²) in [5.74, 6) is 0. The Labute approximate surface area is 264 Å². The number of hydrogen-bond acceptors (Lipinski definition) is 6. The van der Waals surface area contributed by atoms with Gasteiger partial charge in [0.05, 0.1) is 16.3 Å². The molecule has 0 saturated carbocycles. The van der Waals surface area contributed by atoms with Crippen molar-refractivity contribution < 1.29 is 18.0 Å². The number of nitrogens with zero attached hydrogens (tertiary/aromatic N) is 4. The third-order valence-electron chi connectivity index (χ3n) is 8.07. The maximum Gasteiger partial charge on any atom is 0.330 e. The Morgan fingerprint density at radius 2 is 1.52 bits per heavy atom. The van der Waals surface area contributed by atoms with Crippen molar-refractivity contribution in [1.82, 2.24) is 18.5 Å². The lowest BCUT2D eigenvalue weighted by Crippen LogP contribution is -2.18. The number of carbonyl (C=O) groups is 2. The Bertz CT molecular complexity index is 2380. The second-order valence-corrected chi connectivity index (χ2v) is 12.8. The van der Waals surface area contributed by atoms with Crippen molar-refractivity contribution in [3.8, 4) is 22.5 Å². The van der Waals surface area contributed by atoms with E-state index in [1.165, 1.54) is 14.9 Å². The molecule has 3 aromatic heterocycles. The fraction of sp³-hybridized carbons (Fsp3) is 0.0556. The Balaban J connectivity index is 1.37. The number of aromatic nitrogens is 4. The zero-order chi connectivity index (χ0) is 32.0. The molecule has 4 aromatic carbocycles. The number of rotatable bonds is 6. The lowest BCUT2D eigenvalue weighted by molar-refractivity contribution is 0.112. The van der Waals surface area contributed by atoms with Gasteiger partial charge in [-0.3, -0.25) is 9.36 Å². The van der Waals surface area contributed by atoms with Crippen LogP contribution < -0.4 is 5.32 Å². The highest BCUT2D eigenvalue weighted by Gasteiger charge is 2.27. The molecule has 0 aliphatic heterocycles. The summed E-state index contributed by atoms with van der Waals surface area (Å²) in [6.07, 6.45) is 5.63. The lowest BCUT2D eigenvalue weighted by Gasteiger charge is -2.14. The van der Waals surface area contributed by atoms with E-state index in [1.807, 2.05) is 56.3 Å². The van der Waals surface area contributed by atoms with Crippen LogP contribution in [0, 0.1) is 13.8 Å². The first-order valence-electron chi connectivity index (χ1n) is 14.5. The molecule has 1 N–H and O–H groups in total. The first kappa shape index (κ1) is 28.9. The molecule has 0 spiro atoms. The van der Waals surface area contributed by atoms with Gasteiger partial charge in [-0.15, -0.1) is 0 Å². The molecule has 9 nitrogen and oxygen atoms in total. The van der Waals surface area contributed by atoms with Crippen LogP contribution in [-0.2, 0) is 10.0 Å². The topological polar surface area (TPSA) is 116 Å². The van der Waals surface area contributed by atoms with Gasteiger partial charge >= 0.3 is 6.03 Å². The number of aryl methyl sites for hydroxylation is 1. The molecule has 0 atom stereocenters. The van der Waals surface area contributed by atoms with Gasteiger partial charge in [0.15, 0.2) is 5.65 Å². The quantitative estimate of drug-likeness (QED) is 0.192. The molecule has 10 heteroatoms. The van der Waals surface area contributed by atoms with Gasteiger partial charge in [-0.2, -0.15) is 0 Å². The summed E-state index contributed by atoms with van der Waals surface area (Å²) in [6.45, 7) is 3.77. The highest BCUT2D eigenvalue weighted by molar-refractivity contribution is 7.90. The van der Waals surface area contributed by atoms with Gasteiger partial charge in [-0.1, -0.05) is 78.4 Å². The molecule has 46 heavy (non-hydrogen) atoms. The van der Waals surface area contributed by atoms with E-state index in [2.05, 4.69) is 15.3 Å². The van der Waals surface area contributed by atoms with Crippen molar-refractivity contribution in [2.24, 2.45) is 0 Å². The first-order valence-corrected chi connectivity index (χ1v) is 15.9. The molecule has 0 bridgehead atoms. The number of aldehydes is 1. The maximum absolute atomic E-state index is 14.2. The van der Waals surface area contributed by atoms with Crippen molar-refractivity contribution in [3.63, 3.8) is 0 Å². The molecular formula is C36H27N5O4S. The second-order valence-electron chi connectivity index (χ2n) is 11.0. The number of anilines is 1. The van der Waals surface area contributed by atoms with Crippen molar-refractivity contribution >= 4 is 49.8 Å². The van der Waals surface area contributed by atoms with Crippen LogP contribution in [0.4, 0.5) is 10.5 Å². The van der Waals surface area contributed by atoms with Crippen LogP contribution in [0.25, 0.3) is 44.3 Å². The van der Waals surface area contributed by atoms with Gasteiger partial charge < -0.3 is 5.32 Å². The van der Waals surface area contributed by atoms with Crippen LogP contribution >= 0.6 is 0 Å². The third-order valence-corrected chi connectivity index (χ3v) is 9.79. The van der Waals surface area contributed by atoms with Crippen molar-refractivity contribution in [3.05, 3.63) is 132 Å². The molecule has 0 aliphatic carbocycles. The van der Waals surface area contributed by atoms with Gasteiger partial charge in [0.1, 0.15) is 12.6 Å². The average molecular weight is 626 g/mol. The van der Waals surface area contributed by atoms with Crippen LogP contribution in [0.3, 0.4) is 0 Å². The minimum absolute atomic E-state index is 0.111. The summed E-state index contributed by atoms with van der Waals surface area (Å²) in [5, 5.41) is 5.41. The summed E-state index contributed by atoms with van der Waals surface area (Å²) in [6, 6.07) is 28.0. The second kappa shape index (κ2) is 11.2. The van der Waals surface area contributed by atoms with Crippen molar-refractivity contribution in [2.45, 2.75) is 18.7 Å². The SMILES string of the molecule is Cc1ccc(S(=O)(=O)n2c(-c3ccc(C=O)cc3)cc3c(-c4cccc(NC(=O)n5cc6ccccc6c5)c4C)ncnc32)cc1. The average Bonchev–Trinajstić information content (AvgIpc) is 3.69. The van der Waals surface area contributed by atoms with E-state index in [4.69, 9.17) is 0 Å². The predicted octanol–water partition coefficient (Wildman–Crippen LogP) is 7.47. The predicted molar refractivity (Wildman–Crippen MR) is 179 cm³/mol.